The first-order valence-corrected chi connectivity index (χ1v) is 31.6. The number of piperidine rings is 2. The first-order chi connectivity index (χ1) is 37.9. The zero-order valence-electron chi connectivity index (χ0n) is 45.2. The summed E-state index contributed by atoms with van der Waals surface area (Å²) in [4.78, 5) is 20.8. The topological polar surface area (TPSA) is 155 Å². The van der Waals surface area contributed by atoms with Gasteiger partial charge in [0.1, 0.15) is 0 Å². The van der Waals surface area contributed by atoms with Gasteiger partial charge < -0.3 is 20.4 Å². The molecule has 410 valence electrons. The summed E-state index contributed by atoms with van der Waals surface area (Å²) in [6.45, 7) is 6.57. The number of hydrogen-bond acceptors (Lipinski definition) is 12. The molecule has 2 fully saturated rings. The fourth-order valence-electron chi connectivity index (χ4n) is 13.9. The maximum absolute atomic E-state index is 13.4. The van der Waals surface area contributed by atoms with Crippen LogP contribution < -0.4 is 29.9 Å². The summed E-state index contributed by atoms with van der Waals surface area (Å²) in [7, 11) is -2.64. The highest BCUT2D eigenvalue weighted by Gasteiger charge is 2.37. The molecule has 2 saturated heterocycles. The lowest BCUT2D eigenvalue weighted by atomic mass is 9.77. The lowest BCUT2D eigenvalue weighted by Gasteiger charge is -2.41. The van der Waals surface area contributed by atoms with Gasteiger partial charge in [-0.2, -0.15) is 0 Å². The Balaban J connectivity index is 0.750. The molecule has 0 spiro atoms. The van der Waals surface area contributed by atoms with E-state index in [2.05, 4.69) is 108 Å². The zero-order valence-corrected chi connectivity index (χ0v) is 46.9. The van der Waals surface area contributed by atoms with E-state index >= 15 is 0 Å². The summed E-state index contributed by atoms with van der Waals surface area (Å²) in [6, 6.07) is 38.6. The number of benzene rings is 4. The molecule has 4 N–H and O–H groups in total. The van der Waals surface area contributed by atoms with Gasteiger partial charge in [-0.25, -0.2) is 26.3 Å². The van der Waals surface area contributed by atoms with Crippen molar-refractivity contribution in [2.24, 2.45) is 0 Å². The molecule has 4 aliphatic heterocycles. The Labute approximate surface area is 462 Å². The van der Waals surface area contributed by atoms with Crippen LogP contribution in [-0.2, 0) is 52.4 Å². The van der Waals surface area contributed by atoms with Crippen LogP contribution in [0.2, 0.25) is 0 Å². The molecular formula is C62H76N10O4S2. The first kappa shape index (κ1) is 53.1. The maximum atomic E-state index is 13.4. The largest absolute Gasteiger partial charge is 0.371 e. The number of nitrogens with zero attached hydrogens (tertiary/aromatic N) is 6. The number of pyridine rings is 2. The summed E-state index contributed by atoms with van der Waals surface area (Å²) in [5.74, 6) is 0.195. The van der Waals surface area contributed by atoms with Gasteiger partial charge in [0.05, 0.1) is 33.3 Å². The van der Waals surface area contributed by atoms with Gasteiger partial charge in [-0.15, -0.1) is 0 Å². The Morgan fingerprint density at radius 3 is 1.72 bits per heavy atom. The van der Waals surface area contributed by atoms with Crippen molar-refractivity contribution >= 4 is 31.4 Å². The second kappa shape index (κ2) is 22.9. The average Bonchev–Trinajstić information content (AvgIpc) is 3.48. The van der Waals surface area contributed by atoms with E-state index in [1.54, 1.807) is 48.5 Å². The van der Waals surface area contributed by atoms with Gasteiger partial charge in [0.25, 0.3) is 0 Å². The fraction of sp³-hybridized carbons (Fsp3) is 0.452. The van der Waals surface area contributed by atoms with Crippen LogP contribution >= 0.6 is 0 Å². The quantitative estimate of drug-likeness (QED) is 0.0788. The SMILES string of the molecule is CN(C[C@H]1Cc2c(cc(C3CC[C@H](N(C)C[C@@H]4Cc5c(cccc5N5CCC(NS(=O)(=O)c6ccccc6)CC5)CN4)c4ncccc43)cc2N2CCC(NS(=O)(=O)c3ccccc3)CC2)CN1)[C@H]1CCCc2cccnc21. The fourth-order valence-corrected chi connectivity index (χ4v) is 16.6. The maximum Gasteiger partial charge on any atom is 0.240 e. The van der Waals surface area contributed by atoms with E-state index in [4.69, 9.17) is 9.97 Å². The smallest absolute Gasteiger partial charge is 0.240 e. The number of sulfonamides is 2. The van der Waals surface area contributed by atoms with E-state index in [0.717, 1.165) is 117 Å². The number of hydrogen-bond donors (Lipinski definition) is 4. The second-order valence-electron chi connectivity index (χ2n) is 23.0. The summed E-state index contributed by atoms with van der Waals surface area (Å²) in [5, 5.41) is 7.89. The minimum atomic E-state index is -3.62. The van der Waals surface area contributed by atoms with Gasteiger partial charge in [0.2, 0.25) is 20.0 Å². The van der Waals surface area contributed by atoms with Crippen LogP contribution in [0, 0.1) is 0 Å². The molecule has 1 unspecified atom stereocenters. The van der Waals surface area contributed by atoms with Crippen LogP contribution in [0.5, 0.6) is 0 Å². The van der Waals surface area contributed by atoms with Crippen LogP contribution in [0.3, 0.4) is 0 Å². The van der Waals surface area contributed by atoms with Gasteiger partial charge in [0.15, 0.2) is 0 Å². The molecular weight excluding hydrogens is 1010 g/mol. The van der Waals surface area contributed by atoms with Gasteiger partial charge in [0, 0.05) is 106 Å². The van der Waals surface area contributed by atoms with Gasteiger partial charge >= 0.3 is 0 Å². The number of rotatable bonds is 15. The van der Waals surface area contributed by atoms with Crippen molar-refractivity contribution < 1.29 is 16.8 Å². The molecule has 5 atom stereocenters. The molecule has 2 aromatic heterocycles. The number of aromatic nitrogens is 2. The van der Waals surface area contributed by atoms with E-state index < -0.39 is 20.0 Å². The van der Waals surface area contributed by atoms with E-state index in [9.17, 15) is 16.8 Å². The average molecular weight is 1090 g/mol. The molecule has 6 heterocycles. The van der Waals surface area contributed by atoms with Gasteiger partial charge in [-0.1, -0.05) is 66.7 Å². The van der Waals surface area contributed by atoms with Crippen molar-refractivity contribution in [2.75, 3.05) is 63.2 Å². The molecule has 4 aromatic carbocycles. The Hall–Kier alpha value is -5.56. The molecule has 0 amide bonds. The number of likely N-dealkylation sites (N-methyl/N-ethyl adjacent to an activating group) is 2. The highest BCUT2D eigenvalue weighted by atomic mass is 32.2. The van der Waals surface area contributed by atoms with Crippen molar-refractivity contribution in [3.8, 4) is 0 Å². The second-order valence-corrected chi connectivity index (χ2v) is 26.4. The van der Waals surface area contributed by atoms with Crippen LogP contribution in [0.15, 0.2) is 137 Å². The molecule has 0 radical (unpaired) electrons. The monoisotopic (exact) mass is 1090 g/mol. The Kier molecular flexibility index (Phi) is 15.6. The first-order valence-electron chi connectivity index (χ1n) is 28.6. The van der Waals surface area contributed by atoms with Crippen molar-refractivity contribution in [3.63, 3.8) is 0 Å². The van der Waals surface area contributed by atoms with Crippen LogP contribution in [-0.4, -0.2) is 114 Å². The molecule has 0 saturated carbocycles. The standard InChI is InChI=1S/C62H76N10O4S2/c1-69(58-22-9-13-43-15-11-29-63-61(43)58)41-50-38-56-46(40-66-50)35-45(36-60(56)72-33-27-48(28-34-72)68-78(75,76)52-18-7-4-8-19-52)53-23-24-59(62-54(53)20-12-30-64-62)70(2)42-49-37-55-44(39-65-49)14-10-21-57(55)71-31-25-47(26-32-71)67-77(73,74)51-16-5-3-6-17-51/h3-8,10-12,14-21,29-30,35-36,47-50,53,58-59,65-68H,9,13,22-28,31-34,37-42H2,1-2H3/t49-,50+,53?,58-,59-/m0/s1. The van der Waals surface area contributed by atoms with Crippen molar-refractivity contribution in [2.45, 2.75) is 136 Å². The number of anilines is 2. The number of nitrogens with one attached hydrogen (secondary N) is 4. The van der Waals surface area contributed by atoms with E-state index in [-0.39, 0.29) is 36.1 Å². The summed E-state index contributed by atoms with van der Waals surface area (Å²) < 4.78 is 59.2. The highest BCUT2D eigenvalue weighted by Crippen LogP contribution is 2.45. The summed E-state index contributed by atoms with van der Waals surface area (Å²) in [6.07, 6.45) is 14.1. The molecule has 12 rings (SSSR count). The highest BCUT2D eigenvalue weighted by molar-refractivity contribution is 7.89. The lowest BCUT2D eigenvalue weighted by Crippen LogP contribution is -2.47. The van der Waals surface area contributed by atoms with E-state index in [1.165, 1.54) is 68.1 Å². The number of aryl methyl sites for hydroxylation is 1. The Morgan fingerprint density at radius 1 is 0.551 bits per heavy atom. The third-order valence-corrected chi connectivity index (χ3v) is 21.1. The van der Waals surface area contributed by atoms with Crippen molar-refractivity contribution in [3.05, 3.63) is 178 Å². The molecule has 78 heavy (non-hydrogen) atoms. The molecule has 2 aliphatic carbocycles. The molecule has 16 heteroatoms. The minimum Gasteiger partial charge on any atom is -0.371 e. The van der Waals surface area contributed by atoms with Gasteiger partial charge in [-0.05, 0) is 172 Å². The molecule has 6 aliphatic rings. The van der Waals surface area contributed by atoms with Crippen molar-refractivity contribution in [1.29, 1.82) is 0 Å². The minimum absolute atomic E-state index is 0.0953. The third-order valence-electron chi connectivity index (χ3n) is 18.0. The van der Waals surface area contributed by atoms with E-state index in [1.807, 2.05) is 24.5 Å². The van der Waals surface area contributed by atoms with E-state index in [0.29, 0.717) is 15.8 Å². The Morgan fingerprint density at radius 2 is 1.09 bits per heavy atom. The van der Waals surface area contributed by atoms with Crippen LogP contribution in [0.4, 0.5) is 11.4 Å². The third kappa shape index (κ3) is 11.3. The predicted octanol–water partition coefficient (Wildman–Crippen LogP) is 8.01. The molecule has 6 aromatic rings. The van der Waals surface area contributed by atoms with Crippen LogP contribution in [0.1, 0.15) is 120 Å². The van der Waals surface area contributed by atoms with Crippen molar-refractivity contribution in [1.82, 2.24) is 39.8 Å². The predicted molar refractivity (Wildman–Crippen MR) is 309 cm³/mol. The summed E-state index contributed by atoms with van der Waals surface area (Å²) in [5.41, 5.74) is 14.5. The summed E-state index contributed by atoms with van der Waals surface area (Å²) >= 11 is 0. The normalized spacial score (nSPS) is 23.2. The molecule has 0 bridgehead atoms. The zero-order chi connectivity index (χ0) is 53.4. The Bertz CT molecular complexity index is 3300. The lowest BCUT2D eigenvalue weighted by molar-refractivity contribution is 0.187. The number of fused-ring (bicyclic) bond motifs is 4. The van der Waals surface area contributed by atoms with Crippen LogP contribution in [0.25, 0.3) is 0 Å². The van der Waals surface area contributed by atoms with Gasteiger partial charge in [-0.3, -0.25) is 19.8 Å². The molecule has 14 nitrogen and oxygen atoms in total.